The standard InChI is InChI=1S/C15H13BrClF/c16-13(11-5-2-1-3-6-11)10-9-12-7-4-8-14(17)15(12)18/h1-8,13H,9-10H2. The van der Waals surface area contributed by atoms with E-state index in [2.05, 4.69) is 28.1 Å². The molecule has 0 amide bonds. The van der Waals surface area contributed by atoms with E-state index in [9.17, 15) is 4.39 Å². The molecule has 1 atom stereocenters. The van der Waals surface area contributed by atoms with Gasteiger partial charge < -0.3 is 0 Å². The van der Waals surface area contributed by atoms with Gasteiger partial charge in [0.25, 0.3) is 0 Å². The van der Waals surface area contributed by atoms with Crippen molar-refractivity contribution in [2.75, 3.05) is 0 Å². The van der Waals surface area contributed by atoms with E-state index in [1.165, 1.54) is 5.56 Å². The van der Waals surface area contributed by atoms with Crippen LogP contribution in [0.15, 0.2) is 48.5 Å². The van der Waals surface area contributed by atoms with Gasteiger partial charge in [-0.15, -0.1) is 0 Å². The van der Waals surface area contributed by atoms with Crippen molar-refractivity contribution in [3.05, 3.63) is 70.5 Å². The Bertz CT molecular complexity index is 513. The van der Waals surface area contributed by atoms with Crippen molar-refractivity contribution < 1.29 is 4.39 Å². The molecule has 0 heterocycles. The number of alkyl halides is 1. The first-order valence-electron chi connectivity index (χ1n) is 5.80. The minimum absolute atomic E-state index is 0.193. The Morgan fingerprint density at radius 1 is 1.06 bits per heavy atom. The number of halogens is 3. The van der Waals surface area contributed by atoms with Gasteiger partial charge in [-0.1, -0.05) is 70.0 Å². The summed E-state index contributed by atoms with van der Waals surface area (Å²) in [6.07, 6.45) is 1.50. The van der Waals surface area contributed by atoms with Crippen molar-refractivity contribution >= 4 is 27.5 Å². The van der Waals surface area contributed by atoms with Crippen LogP contribution in [-0.4, -0.2) is 0 Å². The van der Waals surface area contributed by atoms with E-state index in [4.69, 9.17) is 11.6 Å². The van der Waals surface area contributed by atoms with Gasteiger partial charge in [0, 0.05) is 4.83 Å². The summed E-state index contributed by atoms with van der Waals surface area (Å²) in [6.45, 7) is 0. The average molecular weight is 328 g/mol. The molecular weight excluding hydrogens is 315 g/mol. The molecule has 2 aromatic carbocycles. The Morgan fingerprint density at radius 2 is 1.78 bits per heavy atom. The minimum atomic E-state index is -0.299. The van der Waals surface area contributed by atoms with Crippen LogP contribution in [0.5, 0.6) is 0 Å². The monoisotopic (exact) mass is 326 g/mol. The van der Waals surface area contributed by atoms with Crippen molar-refractivity contribution in [1.29, 1.82) is 0 Å². The SMILES string of the molecule is Fc1c(Cl)cccc1CCC(Br)c1ccccc1. The van der Waals surface area contributed by atoms with Crippen LogP contribution in [0, 0.1) is 5.82 Å². The van der Waals surface area contributed by atoms with Gasteiger partial charge in [0.15, 0.2) is 0 Å². The molecule has 0 radical (unpaired) electrons. The van der Waals surface area contributed by atoms with Crippen molar-refractivity contribution in [3.63, 3.8) is 0 Å². The van der Waals surface area contributed by atoms with E-state index in [0.29, 0.717) is 12.0 Å². The number of aryl methyl sites for hydroxylation is 1. The lowest BCUT2D eigenvalue weighted by molar-refractivity contribution is 0.604. The van der Waals surface area contributed by atoms with Gasteiger partial charge in [0.1, 0.15) is 5.82 Å². The average Bonchev–Trinajstić information content (AvgIpc) is 2.41. The highest BCUT2D eigenvalue weighted by molar-refractivity contribution is 9.09. The molecular formula is C15H13BrClF. The van der Waals surface area contributed by atoms with E-state index >= 15 is 0 Å². The van der Waals surface area contributed by atoms with E-state index in [1.54, 1.807) is 18.2 Å². The van der Waals surface area contributed by atoms with Crippen molar-refractivity contribution in [3.8, 4) is 0 Å². The third-order valence-corrected chi connectivity index (χ3v) is 4.14. The fourth-order valence-corrected chi connectivity index (χ4v) is 2.58. The topological polar surface area (TPSA) is 0 Å². The molecule has 0 aliphatic heterocycles. The maximum Gasteiger partial charge on any atom is 0.144 e. The molecule has 0 nitrogen and oxygen atoms in total. The highest BCUT2D eigenvalue weighted by Crippen LogP contribution is 2.29. The first-order valence-corrected chi connectivity index (χ1v) is 7.09. The van der Waals surface area contributed by atoms with E-state index < -0.39 is 0 Å². The molecule has 18 heavy (non-hydrogen) atoms. The summed E-state index contributed by atoms with van der Waals surface area (Å²) in [5, 5.41) is 0.193. The van der Waals surface area contributed by atoms with Gasteiger partial charge in [-0.2, -0.15) is 0 Å². The summed E-state index contributed by atoms with van der Waals surface area (Å²) >= 11 is 9.39. The molecule has 0 bridgehead atoms. The van der Waals surface area contributed by atoms with Gasteiger partial charge in [-0.05, 0) is 30.0 Å². The van der Waals surface area contributed by atoms with Crippen LogP contribution < -0.4 is 0 Å². The van der Waals surface area contributed by atoms with E-state index in [0.717, 1.165) is 6.42 Å². The fourth-order valence-electron chi connectivity index (χ4n) is 1.85. The molecule has 94 valence electrons. The highest BCUT2D eigenvalue weighted by atomic mass is 79.9. The molecule has 2 aromatic rings. The summed E-state index contributed by atoms with van der Waals surface area (Å²) in [5.74, 6) is -0.299. The summed E-state index contributed by atoms with van der Waals surface area (Å²) in [5.41, 5.74) is 1.88. The zero-order chi connectivity index (χ0) is 13.0. The molecule has 1 unspecified atom stereocenters. The lowest BCUT2D eigenvalue weighted by Gasteiger charge is -2.10. The van der Waals surface area contributed by atoms with E-state index in [1.807, 2.05) is 18.2 Å². The second-order valence-electron chi connectivity index (χ2n) is 4.13. The molecule has 0 aliphatic carbocycles. The molecule has 3 heteroatoms. The quantitative estimate of drug-likeness (QED) is 0.646. The summed E-state index contributed by atoms with van der Waals surface area (Å²) < 4.78 is 13.7. The Morgan fingerprint density at radius 3 is 2.50 bits per heavy atom. The van der Waals surface area contributed by atoms with Crippen molar-refractivity contribution in [2.24, 2.45) is 0 Å². The lowest BCUT2D eigenvalue weighted by Crippen LogP contribution is -1.96. The summed E-state index contributed by atoms with van der Waals surface area (Å²) in [4.78, 5) is 0.233. The predicted octanol–water partition coefficient (Wildman–Crippen LogP) is 5.55. The normalized spacial score (nSPS) is 12.4. The number of hydrogen-bond donors (Lipinski definition) is 0. The van der Waals surface area contributed by atoms with Gasteiger partial charge in [-0.25, -0.2) is 4.39 Å². The van der Waals surface area contributed by atoms with Crippen molar-refractivity contribution in [2.45, 2.75) is 17.7 Å². The molecule has 0 saturated carbocycles. The van der Waals surface area contributed by atoms with E-state index in [-0.39, 0.29) is 15.7 Å². The third-order valence-electron chi connectivity index (χ3n) is 2.86. The van der Waals surface area contributed by atoms with Crippen LogP contribution in [0.2, 0.25) is 5.02 Å². The molecule has 2 rings (SSSR count). The van der Waals surface area contributed by atoms with Crippen LogP contribution in [0.4, 0.5) is 4.39 Å². The van der Waals surface area contributed by atoms with Crippen LogP contribution in [0.3, 0.4) is 0 Å². The van der Waals surface area contributed by atoms with Gasteiger partial charge >= 0.3 is 0 Å². The van der Waals surface area contributed by atoms with Gasteiger partial charge in [0.05, 0.1) is 5.02 Å². The summed E-state index contributed by atoms with van der Waals surface area (Å²) in [7, 11) is 0. The largest absolute Gasteiger partial charge is 0.205 e. The molecule has 0 N–H and O–H groups in total. The first kappa shape index (κ1) is 13.6. The molecule has 0 aliphatic rings. The van der Waals surface area contributed by atoms with Crippen molar-refractivity contribution in [1.82, 2.24) is 0 Å². The minimum Gasteiger partial charge on any atom is -0.205 e. The van der Waals surface area contributed by atoms with Crippen LogP contribution in [-0.2, 0) is 6.42 Å². The molecule has 0 aromatic heterocycles. The molecule has 0 saturated heterocycles. The summed E-state index contributed by atoms with van der Waals surface area (Å²) in [6, 6.07) is 15.3. The number of hydrogen-bond acceptors (Lipinski definition) is 0. The lowest BCUT2D eigenvalue weighted by atomic mass is 10.0. The Balaban J connectivity index is 2.02. The van der Waals surface area contributed by atoms with Gasteiger partial charge in [-0.3, -0.25) is 0 Å². The Kier molecular flexibility index (Phi) is 4.79. The second kappa shape index (κ2) is 6.35. The third kappa shape index (κ3) is 3.33. The van der Waals surface area contributed by atoms with Crippen LogP contribution >= 0.6 is 27.5 Å². The second-order valence-corrected chi connectivity index (χ2v) is 5.64. The number of rotatable bonds is 4. The maximum atomic E-state index is 13.7. The van der Waals surface area contributed by atoms with Gasteiger partial charge in [0.2, 0.25) is 0 Å². The smallest absolute Gasteiger partial charge is 0.144 e. The Hall–Kier alpha value is -0.860. The predicted molar refractivity (Wildman–Crippen MR) is 77.8 cm³/mol. The molecule has 0 fully saturated rings. The van der Waals surface area contributed by atoms with Crippen LogP contribution in [0.1, 0.15) is 22.4 Å². The first-order chi connectivity index (χ1) is 8.68. The van der Waals surface area contributed by atoms with Crippen LogP contribution in [0.25, 0.3) is 0 Å². The fraction of sp³-hybridized carbons (Fsp3) is 0.200. The zero-order valence-corrected chi connectivity index (χ0v) is 12.1. The maximum absolute atomic E-state index is 13.7. The molecule has 0 spiro atoms. The Labute approximate surface area is 120 Å². The highest BCUT2D eigenvalue weighted by Gasteiger charge is 2.10. The zero-order valence-electron chi connectivity index (χ0n) is 9.74. The number of benzene rings is 2.